The highest BCUT2D eigenvalue weighted by molar-refractivity contribution is 5.77. The topological polar surface area (TPSA) is 112 Å². The molecule has 0 bridgehead atoms. The average Bonchev–Trinajstić information content (AvgIpc) is 2.72. The minimum atomic E-state index is -1.17. The minimum Gasteiger partial charge on any atom is -0.477 e. The summed E-state index contributed by atoms with van der Waals surface area (Å²) in [5.74, 6) is -3.51. The van der Waals surface area contributed by atoms with E-state index in [0.717, 1.165) is 19.3 Å². The number of carbonyl (C=O) groups is 3. The van der Waals surface area contributed by atoms with Gasteiger partial charge < -0.3 is 15.3 Å². The van der Waals surface area contributed by atoms with E-state index >= 15 is 0 Å². The van der Waals surface area contributed by atoms with E-state index in [-0.39, 0.29) is 6.54 Å². The summed E-state index contributed by atoms with van der Waals surface area (Å²) < 4.78 is -0.474. The molecule has 0 saturated carbocycles. The molecule has 0 fully saturated rings. The van der Waals surface area contributed by atoms with Crippen LogP contribution in [0, 0.1) is 0 Å². The SMILES string of the molecule is CCCCCCCCCCCCCCC[N+](C(C)C(=O)O)(C(C)C(=O)O)C(C)C(=O)O. The van der Waals surface area contributed by atoms with Crippen molar-refractivity contribution in [3.05, 3.63) is 0 Å². The van der Waals surface area contributed by atoms with Gasteiger partial charge in [0.2, 0.25) is 0 Å². The van der Waals surface area contributed by atoms with Crippen LogP contribution in [0.3, 0.4) is 0 Å². The lowest BCUT2D eigenvalue weighted by atomic mass is 10.00. The van der Waals surface area contributed by atoms with Gasteiger partial charge in [0.25, 0.3) is 0 Å². The molecule has 0 heterocycles. The monoisotopic (exact) mass is 444 g/mol. The van der Waals surface area contributed by atoms with Crippen molar-refractivity contribution >= 4 is 17.9 Å². The summed E-state index contributed by atoms with van der Waals surface area (Å²) in [7, 11) is 0. The zero-order chi connectivity index (χ0) is 23.9. The zero-order valence-corrected chi connectivity index (χ0v) is 20.1. The highest BCUT2D eigenvalue weighted by Crippen LogP contribution is 2.27. The van der Waals surface area contributed by atoms with Gasteiger partial charge in [0.05, 0.1) is 6.54 Å². The molecule has 0 rings (SSSR count). The van der Waals surface area contributed by atoms with Gasteiger partial charge in [-0.25, -0.2) is 14.4 Å². The van der Waals surface area contributed by atoms with E-state index in [1.54, 1.807) is 0 Å². The fourth-order valence-electron chi connectivity index (χ4n) is 4.61. The van der Waals surface area contributed by atoms with E-state index in [0.29, 0.717) is 6.42 Å². The van der Waals surface area contributed by atoms with E-state index in [1.807, 2.05) is 0 Å². The van der Waals surface area contributed by atoms with E-state index in [9.17, 15) is 29.7 Å². The van der Waals surface area contributed by atoms with Crippen LogP contribution in [0.4, 0.5) is 0 Å². The first-order valence-corrected chi connectivity index (χ1v) is 12.2. The standard InChI is InChI=1S/C24H45NO6/c1-5-6-7-8-9-10-11-12-13-14-15-16-17-18-25(19(2)22(26)27,20(3)23(28)29)21(4)24(30)31/h19-21H,5-18H2,1-4H3,(H2-,26,27,28,29,30,31)/p+1. The second-order valence-electron chi connectivity index (χ2n) is 9.00. The van der Waals surface area contributed by atoms with Crippen molar-refractivity contribution in [3.63, 3.8) is 0 Å². The second kappa shape index (κ2) is 16.1. The van der Waals surface area contributed by atoms with Crippen LogP contribution in [-0.2, 0) is 14.4 Å². The van der Waals surface area contributed by atoms with Gasteiger partial charge in [0, 0.05) is 0 Å². The van der Waals surface area contributed by atoms with Crippen LogP contribution in [0.15, 0.2) is 0 Å². The first-order chi connectivity index (χ1) is 14.6. The van der Waals surface area contributed by atoms with E-state index in [1.165, 1.54) is 78.6 Å². The molecular weight excluding hydrogens is 398 g/mol. The average molecular weight is 445 g/mol. The van der Waals surface area contributed by atoms with Crippen molar-refractivity contribution in [1.29, 1.82) is 0 Å². The number of carboxylic acids is 3. The Morgan fingerprint density at radius 3 is 1.06 bits per heavy atom. The normalized spacial score (nSPS) is 16.3. The summed E-state index contributed by atoms with van der Waals surface area (Å²) in [5, 5.41) is 28.7. The third-order valence-electron chi connectivity index (χ3n) is 6.88. The van der Waals surface area contributed by atoms with Crippen LogP contribution in [-0.4, -0.2) is 62.4 Å². The van der Waals surface area contributed by atoms with Gasteiger partial charge in [-0.1, -0.05) is 77.6 Å². The quantitative estimate of drug-likeness (QED) is 0.173. The maximum absolute atomic E-state index is 11.7. The highest BCUT2D eigenvalue weighted by Gasteiger charge is 2.52. The molecule has 3 unspecified atom stereocenters. The zero-order valence-electron chi connectivity index (χ0n) is 20.1. The van der Waals surface area contributed by atoms with Gasteiger partial charge in [0.1, 0.15) is 0 Å². The lowest BCUT2D eigenvalue weighted by Crippen LogP contribution is -2.70. The molecule has 0 aromatic rings. The summed E-state index contributed by atoms with van der Waals surface area (Å²) in [6.45, 7) is 6.72. The van der Waals surface area contributed by atoms with Gasteiger partial charge in [-0.2, -0.15) is 0 Å². The first kappa shape index (κ1) is 29.4. The molecule has 0 amide bonds. The number of aliphatic carboxylic acids is 3. The smallest absolute Gasteiger partial charge is 0.362 e. The molecule has 182 valence electrons. The van der Waals surface area contributed by atoms with Crippen molar-refractivity contribution in [2.45, 2.75) is 129 Å². The van der Waals surface area contributed by atoms with Gasteiger partial charge >= 0.3 is 17.9 Å². The summed E-state index contributed by atoms with van der Waals surface area (Å²) in [6, 6.07) is -3.35. The van der Waals surface area contributed by atoms with Crippen LogP contribution in [0.2, 0.25) is 0 Å². The predicted octanol–water partition coefficient (Wildman–Crippen LogP) is 5.31. The van der Waals surface area contributed by atoms with Crippen molar-refractivity contribution < 1.29 is 34.2 Å². The van der Waals surface area contributed by atoms with Crippen LogP contribution in [0.25, 0.3) is 0 Å². The third kappa shape index (κ3) is 10.0. The molecule has 0 aliphatic heterocycles. The second-order valence-corrected chi connectivity index (χ2v) is 9.00. The molecule has 0 saturated heterocycles. The van der Waals surface area contributed by atoms with Gasteiger partial charge in [0.15, 0.2) is 18.1 Å². The molecule has 3 atom stereocenters. The lowest BCUT2D eigenvalue weighted by Gasteiger charge is -2.47. The molecule has 0 aliphatic rings. The van der Waals surface area contributed by atoms with E-state index in [2.05, 4.69) is 6.92 Å². The lowest BCUT2D eigenvalue weighted by molar-refractivity contribution is -0.968. The van der Waals surface area contributed by atoms with E-state index in [4.69, 9.17) is 0 Å². The Kier molecular flexibility index (Phi) is 15.2. The Morgan fingerprint density at radius 1 is 0.548 bits per heavy atom. The Bertz CT molecular complexity index is 486. The Labute approximate surface area is 188 Å². The van der Waals surface area contributed by atoms with Crippen molar-refractivity contribution in [2.24, 2.45) is 0 Å². The molecule has 0 aromatic heterocycles. The Hall–Kier alpha value is -1.63. The molecule has 0 spiro atoms. The largest absolute Gasteiger partial charge is 0.477 e. The fourth-order valence-corrected chi connectivity index (χ4v) is 4.61. The van der Waals surface area contributed by atoms with Crippen LogP contribution in [0.1, 0.15) is 111 Å². The number of quaternary nitrogens is 1. The molecule has 7 heteroatoms. The summed E-state index contributed by atoms with van der Waals surface area (Å²) in [4.78, 5) is 35.2. The Morgan fingerprint density at radius 2 is 0.806 bits per heavy atom. The van der Waals surface area contributed by atoms with E-state index < -0.39 is 40.5 Å². The summed E-state index contributed by atoms with van der Waals surface area (Å²) >= 11 is 0. The van der Waals surface area contributed by atoms with Crippen molar-refractivity contribution in [1.82, 2.24) is 0 Å². The van der Waals surface area contributed by atoms with Gasteiger partial charge in [-0.05, 0) is 33.6 Å². The summed E-state index contributed by atoms with van der Waals surface area (Å²) in [6.07, 6.45) is 15.2. The summed E-state index contributed by atoms with van der Waals surface area (Å²) in [5.41, 5.74) is 0. The number of nitrogens with zero attached hydrogens (tertiary/aromatic N) is 1. The van der Waals surface area contributed by atoms with Crippen LogP contribution >= 0.6 is 0 Å². The highest BCUT2D eigenvalue weighted by atomic mass is 16.4. The molecule has 0 aromatic carbocycles. The predicted molar refractivity (Wildman–Crippen MR) is 122 cm³/mol. The number of carboxylic acid groups (broad SMARTS) is 3. The van der Waals surface area contributed by atoms with Gasteiger partial charge in [-0.15, -0.1) is 0 Å². The Balaban J connectivity index is 4.54. The van der Waals surface area contributed by atoms with Crippen molar-refractivity contribution in [2.75, 3.05) is 6.54 Å². The molecule has 31 heavy (non-hydrogen) atoms. The first-order valence-electron chi connectivity index (χ1n) is 12.2. The van der Waals surface area contributed by atoms with Crippen LogP contribution in [0.5, 0.6) is 0 Å². The maximum Gasteiger partial charge on any atom is 0.362 e. The number of hydrogen-bond donors (Lipinski definition) is 3. The van der Waals surface area contributed by atoms with Crippen LogP contribution < -0.4 is 0 Å². The molecule has 3 N–H and O–H groups in total. The third-order valence-corrected chi connectivity index (χ3v) is 6.88. The number of unbranched alkanes of at least 4 members (excludes halogenated alkanes) is 12. The molecule has 0 radical (unpaired) electrons. The van der Waals surface area contributed by atoms with Crippen molar-refractivity contribution in [3.8, 4) is 0 Å². The van der Waals surface area contributed by atoms with Gasteiger partial charge in [-0.3, -0.25) is 4.48 Å². The minimum absolute atomic E-state index is 0.228. The maximum atomic E-state index is 11.7. The molecule has 0 aliphatic carbocycles. The fraction of sp³-hybridized carbons (Fsp3) is 0.875. The molecule has 7 nitrogen and oxygen atoms in total. The number of rotatable bonds is 20. The molecular formula is C24H46NO6+. The number of hydrogen-bond acceptors (Lipinski definition) is 3.